The quantitative estimate of drug-likeness (QED) is 0.639. The molecule has 154 valence electrons. The summed E-state index contributed by atoms with van der Waals surface area (Å²) in [5.74, 6) is -0.893. The van der Waals surface area contributed by atoms with Gasteiger partial charge in [-0.2, -0.15) is 31.6 Å². The van der Waals surface area contributed by atoms with Crippen LogP contribution >= 0.6 is 0 Å². The maximum atomic E-state index is 9.44. The number of rotatable bonds is 3. The number of aromatic nitrogens is 2. The van der Waals surface area contributed by atoms with E-state index < -0.39 is 5.92 Å². The largest absolute Gasteiger partial charge is 0.265 e. The minimum Gasteiger partial charge on any atom is -0.265 e. The lowest BCUT2D eigenvalue weighted by Gasteiger charge is -2.13. The first kappa shape index (κ1) is 23.5. The zero-order valence-electron chi connectivity index (χ0n) is 17.1. The summed E-state index contributed by atoms with van der Waals surface area (Å²) in [6, 6.07) is 10.7. The number of fused-ring (bicyclic) bond motifs is 1. The van der Waals surface area contributed by atoms with E-state index in [-0.39, 0.29) is 63.5 Å². The Hall–Kier alpha value is -5.82. The second-order valence-electron chi connectivity index (χ2n) is 6.05. The molecule has 1 aliphatic rings. The lowest BCUT2D eigenvalue weighted by molar-refractivity contribution is 0.995. The fourth-order valence-electron chi connectivity index (χ4n) is 2.48. The summed E-state index contributed by atoms with van der Waals surface area (Å²) in [6.07, 6.45) is 0. The van der Waals surface area contributed by atoms with Crippen LogP contribution in [0.15, 0.2) is 32.2 Å². The molecular weight excluding hydrogens is 420 g/mol. The Morgan fingerprint density at radius 1 is 0.939 bits per heavy atom. The molecule has 0 bridgehead atoms. The molecule has 1 aliphatic heterocycles. The van der Waals surface area contributed by atoms with Gasteiger partial charge in [-0.25, -0.2) is 20.0 Å². The average Bonchev–Trinajstić information content (AvgIpc) is 2.84. The Morgan fingerprint density at radius 3 is 2.03 bits per heavy atom. The molecule has 0 radical (unpaired) electrons. The van der Waals surface area contributed by atoms with E-state index in [1.807, 2.05) is 12.1 Å². The lowest BCUT2D eigenvalue weighted by atomic mass is 10.1. The van der Waals surface area contributed by atoms with E-state index in [9.17, 15) is 31.6 Å². The minimum absolute atomic E-state index is 0.0486. The van der Waals surface area contributed by atoms with Crippen molar-refractivity contribution in [1.82, 2.24) is 9.97 Å². The van der Waals surface area contributed by atoms with Gasteiger partial charge in [0.1, 0.15) is 53.1 Å². The van der Waals surface area contributed by atoms with Gasteiger partial charge < -0.3 is 0 Å². The number of nitrogens with zero attached hydrogens (tertiary/aromatic N) is 12. The molecule has 1 aromatic rings. The second kappa shape index (κ2) is 10.3. The van der Waals surface area contributed by atoms with Crippen LogP contribution < -0.4 is 0 Å². The van der Waals surface area contributed by atoms with Gasteiger partial charge in [0.15, 0.2) is 22.8 Å². The third-order valence-electron chi connectivity index (χ3n) is 4.08. The Kier molecular flexibility index (Phi) is 7.31. The van der Waals surface area contributed by atoms with Crippen LogP contribution in [-0.2, 0) is 0 Å². The van der Waals surface area contributed by atoms with Crippen molar-refractivity contribution < 1.29 is 0 Å². The highest BCUT2D eigenvalue weighted by Gasteiger charge is 2.24. The Labute approximate surface area is 188 Å². The first-order valence-corrected chi connectivity index (χ1v) is 8.82. The third-order valence-corrected chi connectivity index (χ3v) is 4.08. The summed E-state index contributed by atoms with van der Waals surface area (Å²) in [7, 11) is 0. The Bertz CT molecular complexity index is 1440. The maximum absolute atomic E-state index is 9.44. The predicted molar refractivity (Wildman–Crippen MR) is 116 cm³/mol. The van der Waals surface area contributed by atoms with E-state index in [1.165, 1.54) is 6.92 Å². The van der Waals surface area contributed by atoms with Crippen molar-refractivity contribution in [3.8, 4) is 36.4 Å². The fraction of sp³-hybridized carbons (Fsp3) is 0.143. The second-order valence-corrected chi connectivity index (χ2v) is 6.05. The zero-order valence-corrected chi connectivity index (χ0v) is 17.1. The van der Waals surface area contributed by atoms with Gasteiger partial charge in [0, 0.05) is 0 Å². The van der Waals surface area contributed by atoms with Crippen LogP contribution in [-0.4, -0.2) is 40.4 Å². The molecule has 0 saturated heterocycles. The molecule has 1 unspecified atom stereocenters. The van der Waals surface area contributed by atoms with Crippen LogP contribution in [0.1, 0.15) is 29.7 Å². The summed E-state index contributed by atoms with van der Waals surface area (Å²) < 4.78 is 0. The molecular formula is C21H10N12. The van der Waals surface area contributed by atoms with Gasteiger partial charge in [0.2, 0.25) is 0 Å². The van der Waals surface area contributed by atoms with Crippen molar-refractivity contribution in [1.29, 1.82) is 31.6 Å². The van der Waals surface area contributed by atoms with Crippen LogP contribution in [0.4, 0.5) is 0 Å². The summed E-state index contributed by atoms with van der Waals surface area (Å²) in [6.45, 7) is 8.28. The Balaban J connectivity index is 3.11. The zero-order chi connectivity index (χ0) is 24.5. The highest BCUT2D eigenvalue weighted by Crippen LogP contribution is 2.29. The summed E-state index contributed by atoms with van der Waals surface area (Å²) in [4.78, 5) is 24.3. The van der Waals surface area contributed by atoms with Gasteiger partial charge in [0.25, 0.3) is 0 Å². The smallest absolute Gasteiger partial charge is 0.177 e. The van der Waals surface area contributed by atoms with Crippen LogP contribution in [0.3, 0.4) is 0 Å². The molecule has 0 amide bonds. The number of hydrogen-bond acceptors (Lipinski definition) is 12. The SMILES string of the molecule is C=N/C1=C(\N=C(C#N)C(C)C#N)CN=C(C#N)C(C#N)=NC(=C)c2nc(C#N)c(C#N)nc21. The highest BCUT2D eigenvalue weighted by molar-refractivity contribution is 6.54. The average molecular weight is 430 g/mol. The Morgan fingerprint density at radius 2 is 1.55 bits per heavy atom. The van der Waals surface area contributed by atoms with Gasteiger partial charge >= 0.3 is 0 Å². The van der Waals surface area contributed by atoms with Crippen molar-refractivity contribution in [3.63, 3.8) is 0 Å². The van der Waals surface area contributed by atoms with Crippen LogP contribution in [0.25, 0.3) is 11.4 Å². The molecule has 1 aromatic heterocycles. The van der Waals surface area contributed by atoms with Crippen LogP contribution in [0.2, 0.25) is 0 Å². The first-order valence-electron chi connectivity index (χ1n) is 8.82. The van der Waals surface area contributed by atoms with E-state index in [2.05, 4.69) is 43.2 Å². The van der Waals surface area contributed by atoms with Gasteiger partial charge in [-0.1, -0.05) is 6.58 Å². The highest BCUT2D eigenvalue weighted by atomic mass is 15.0. The molecule has 2 heterocycles. The van der Waals surface area contributed by atoms with Crippen molar-refractivity contribution in [2.75, 3.05) is 6.54 Å². The van der Waals surface area contributed by atoms with E-state index in [4.69, 9.17) is 0 Å². The number of hydrogen-bond donors (Lipinski definition) is 0. The number of nitriles is 6. The number of aliphatic imine (C=N–C) groups is 4. The molecule has 33 heavy (non-hydrogen) atoms. The van der Waals surface area contributed by atoms with E-state index >= 15 is 0 Å². The monoisotopic (exact) mass is 430 g/mol. The molecule has 0 saturated carbocycles. The van der Waals surface area contributed by atoms with E-state index in [1.54, 1.807) is 24.3 Å². The predicted octanol–water partition coefficient (Wildman–Crippen LogP) is 1.63. The lowest BCUT2D eigenvalue weighted by Crippen LogP contribution is -2.15. The van der Waals surface area contributed by atoms with Crippen molar-refractivity contribution in [3.05, 3.63) is 35.1 Å². The molecule has 0 aromatic carbocycles. The van der Waals surface area contributed by atoms with Gasteiger partial charge in [-0.3, -0.25) is 9.98 Å². The molecule has 0 N–H and O–H groups in total. The fourth-order valence-corrected chi connectivity index (χ4v) is 2.48. The first-order chi connectivity index (χ1) is 15.9. The van der Waals surface area contributed by atoms with Gasteiger partial charge in [-0.05, 0) is 13.6 Å². The molecule has 2 rings (SSSR count). The molecule has 0 aliphatic carbocycles. The van der Waals surface area contributed by atoms with E-state index in [0.29, 0.717) is 0 Å². The summed E-state index contributed by atoms with van der Waals surface area (Å²) in [5, 5.41) is 56.2. The van der Waals surface area contributed by atoms with E-state index in [0.717, 1.165) is 0 Å². The topological polar surface area (TPSA) is 218 Å². The van der Waals surface area contributed by atoms with Gasteiger partial charge in [-0.15, -0.1) is 0 Å². The normalized spacial score (nSPS) is 16.6. The van der Waals surface area contributed by atoms with Crippen LogP contribution in [0.5, 0.6) is 0 Å². The summed E-state index contributed by atoms with van der Waals surface area (Å²) >= 11 is 0. The minimum atomic E-state index is -0.893. The standard InChI is InChI=1S/C21H10N12/c1-11(4-22)13(5-23)31-18-10-29-14(6-24)15(7-25)30-12(2)19-21(20(18)28-3)33-17(9-27)16(8-26)32-19/h11H,2-3,10H2,1H3/b20-18-,29-14?,30-15?,31-13?. The molecule has 0 spiro atoms. The molecule has 0 fully saturated rings. The molecule has 12 heteroatoms. The molecule has 1 atom stereocenters. The maximum Gasteiger partial charge on any atom is 0.177 e. The molecule has 12 nitrogen and oxygen atoms in total. The van der Waals surface area contributed by atoms with Gasteiger partial charge in [0.05, 0.1) is 29.9 Å². The van der Waals surface area contributed by atoms with Crippen molar-refractivity contribution in [2.45, 2.75) is 6.92 Å². The summed E-state index contributed by atoms with van der Waals surface area (Å²) in [5.41, 5.74) is -2.13. The van der Waals surface area contributed by atoms with Crippen molar-refractivity contribution in [2.24, 2.45) is 25.9 Å². The third kappa shape index (κ3) is 4.68. The van der Waals surface area contributed by atoms with Crippen LogP contribution in [0, 0.1) is 73.9 Å². The van der Waals surface area contributed by atoms with Crippen molar-refractivity contribution >= 4 is 35.2 Å².